The number of amides is 1. The van der Waals surface area contributed by atoms with Gasteiger partial charge in [0.2, 0.25) is 0 Å². The zero-order chi connectivity index (χ0) is 53.6. The van der Waals surface area contributed by atoms with E-state index in [0.717, 1.165) is 60.0 Å². The first-order valence-corrected chi connectivity index (χ1v) is 30.6. The topological polar surface area (TPSA) is 152 Å². The molecule has 3 fully saturated rings. The lowest BCUT2D eigenvalue weighted by molar-refractivity contribution is -0.206. The Kier molecular flexibility index (Phi) is 20.1. The minimum absolute atomic E-state index is 0.0327. The Labute approximate surface area is 438 Å². The van der Waals surface area contributed by atoms with E-state index < -0.39 is 61.8 Å². The van der Waals surface area contributed by atoms with Crippen LogP contribution in [0.15, 0.2) is 53.8 Å². The number of fused-ring (bicyclic) bond motifs is 4. The first-order chi connectivity index (χ1) is 34.4. The number of aromatic nitrogens is 1. The molecule has 1 saturated carbocycles. The molecule has 2 bridgehead atoms. The number of esters is 1. The number of allylic oxidation sites excluding steroid dienone is 3. The largest absolute Gasteiger partial charge is 0.488 e. The van der Waals surface area contributed by atoms with E-state index in [-0.39, 0.29) is 65.8 Å². The third kappa shape index (κ3) is 14.0. The highest BCUT2D eigenvalue weighted by Crippen LogP contribution is 2.41. The molecule has 408 valence electrons. The Morgan fingerprint density at radius 1 is 0.932 bits per heavy atom. The Hall–Kier alpha value is -3.66. The number of ketones is 2. The first kappa shape index (κ1) is 58.6. The smallest absolute Gasteiger partial charge is 0.329 e. The number of hydrogen-bond donors (Lipinski definition) is 1. The fraction of sp³-hybridized carbons (Fsp3) is 0.729. The van der Waals surface area contributed by atoms with E-state index in [0.29, 0.717) is 51.6 Å². The lowest BCUT2D eigenvalue weighted by Gasteiger charge is -2.46. The number of Topliss-reactive ketones (excluding diaryl/α,β-unsaturated/α-hetero) is 2. The molecule has 13 atom stereocenters. The van der Waals surface area contributed by atoms with E-state index in [1.165, 1.54) is 4.90 Å². The van der Waals surface area contributed by atoms with Crippen LogP contribution in [0.5, 0.6) is 5.75 Å². The molecule has 73 heavy (non-hydrogen) atoms. The molecule has 1 N–H and O–H groups in total. The molecule has 1 aliphatic carbocycles. The van der Waals surface area contributed by atoms with Gasteiger partial charge in [0.1, 0.15) is 35.4 Å². The maximum Gasteiger partial charge on any atom is 0.329 e. The van der Waals surface area contributed by atoms with Crippen molar-refractivity contribution in [3.63, 3.8) is 0 Å². The number of nitrogens with zero attached hydrogens (tertiary/aromatic N) is 2. The second-order valence-electron chi connectivity index (χ2n) is 24.1. The number of aliphatic hydroxyl groups is 1. The zero-order valence-corrected chi connectivity index (χ0v) is 48.0. The van der Waals surface area contributed by atoms with E-state index in [2.05, 4.69) is 82.8 Å². The van der Waals surface area contributed by atoms with Crippen LogP contribution < -0.4 is 4.74 Å². The minimum atomic E-state index is -1.88. The fourth-order valence-corrected chi connectivity index (χ4v) is 12.7. The highest BCUT2D eigenvalue weighted by atomic mass is 28.4. The number of benzene rings is 1. The molecule has 2 aromatic rings. The van der Waals surface area contributed by atoms with Crippen molar-refractivity contribution in [2.45, 2.75) is 219 Å². The van der Waals surface area contributed by atoms with Gasteiger partial charge in [-0.05, 0) is 156 Å². The Bertz CT molecular complexity index is 2280. The normalized spacial score (nSPS) is 34.2. The number of rotatable bonds is 11. The maximum absolute atomic E-state index is 14.7. The lowest BCUT2D eigenvalue weighted by atomic mass is 9.77. The average Bonchev–Trinajstić information content (AvgIpc) is 3.75. The molecule has 13 nitrogen and oxygen atoms in total. The third-order valence-electron chi connectivity index (χ3n) is 17.7. The molecule has 2 saturated heterocycles. The van der Waals surface area contributed by atoms with Gasteiger partial charge in [-0.2, -0.15) is 0 Å². The number of methoxy groups -OCH3 is 2. The molecular formula is C59H92N2O11Si. The van der Waals surface area contributed by atoms with Gasteiger partial charge in [0.15, 0.2) is 8.32 Å². The van der Waals surface area contributed by atoms with Crippen molar-refractivity contribution >= 4 is 42.7 Å². The number of hydrogen-bond acceptors (Lipinski definition) is 11. The van der Waals surface area contributed by atoms with Crippen LogP contribution in [0.3, 0.4) is 0 Å². The minimum Gasteiger partial charge on any atom is -0.488 e. The summed E-state index contributed by atoms with van der Waals surface area (Å²) in [6.45, 7) is 26.5. The van der Waals surface area contributed by atoms with Crippen molar-refractivity contribution in [1.29, 1.82) is 0 Å². The van der Waals surface area contributed by atoms with Gasteiger partial charge >= 0.3 is 5.97 Å². The second-order valence-corrected chi connectivity index (χ2v) is 28.9. The van der Waals surface area contributed by atoms with E-state index in [1.807, 2.05) is 39.8 Å². The summed E-state index contributed by atoms with van der Waals surface area (Å²) in [5.74, 6) is -2.43. The molecular weight excluding hydrogens is 941 g/mol. The molecule has 1 aromatic heterocycles. The van der Waals surface area contributed by atoms with Gasteiger partial charge < -0.3 is 42.7 Å². The van der Waals surface area contributed by atoms with E-state index in [9.17, 15) is 24.3 Å². The maximum atomic E-state index is 14.7. The van der Waals surface area contributed by atoms with Crippen molar-refractivity contribution in [3.8, 4) is 5.75 Å². The summed E-state index contributed by atoms with van der Waals surface area (Å²) in [5, 5.41) is 13.2. The fourth-order valence-electron chi connectivity index (χ4n) is 11.6. The van der Waals surface area contributed by atoms with Gasteiger partial charge in [-0.25, -0.2) is 4.79 Å². The van der Waals surface area contributed by atoms with Gasteiger partial charge in [-0.1, -0.05) is 66.2 Å². The zero-order valence-electron chi connectivity index (χ0n) is 47.0. The van der Waals surface area contributed by atoms with E-state index >= 15 is 0 Å². The van der Waals surface area contributed by atoms with Crippen LogP contribution in [-0.4, -0.2) is 122 Å². The molecule has 4 aliphatic rings. The van der Waals surface area contributed by atoms with E-state index in [4.69, 9.17) is 28.1 Å². The van der Waals surface area contributed by atoms with Gasteiger partial charge in [0.25, 0.3) is 11.7 Å². The molecule has 1 amide bonds. The number of cyclic esters (lactones) is 1. The van der Waals surface area contributed by atoms with Crippen LogP contribution in [-0.2, 0) is 49.1 Å². The van der Waals surface area contributed by atoms with Gasteiger partial charge in [-0.15, -0.1) is 0 Å². The highest BCUT2D eigenvalue weighted by Gasteiger charge is 2.53. The van der Waals surface area contributed by atoms with Crippen molar-refractivity contribution in [2.75, 3.05) is 27.4 Å². The van der Waals surface area contributed by atoms with Crippen LogP contribution in [0.4, 0.5) is 0 Å². The molecule has 0 radical (unpaired) electrons. The van der Waals surface area contributed by atoms with Gasteiger partial charge in [0.05, 0.1) is 36.5 Å². The highest BCUT2D eigenvalue weighted by molar-refractivity contribution is 6.74. The molecule has 1 unspecified atom stereocenters. The van der Waals surface area contributed by atoms with Crippen LogP contribution >= 0.6 is 0 Å². The lowest BCUT2D eigenvalue weighted by Crippen LogP contribution is -2.61. The van der Waals surface area contributed by atoms with Crippen molar-refractivity contribution in [2.24, 2.45) is 29.6 Å². The SMILES string of the molecule is CC[C@@H]1/C=C(\C)C[C@H](C)CCC2O[C@@](C)(C(=O)C(=O)N3CCCC[C@H]3C(=O)O[C@H](/C(C)=C/[C@@H]3CC[C@@H](Oc4ccc5ccn(CCO[Si](C)(C)C(C)(C)C)c5c4)[C@H](OC)C3)[C@H](C)[C@@H](O)CC1=O)[C@H](C)C[C@@H]2OC. The molecule has 4 heterocycles. The van der Waals surface area contributed by atoms with Crippen LogP contribution in [0, 0.1) is 29.6 Å². The number of ether oxygens (including phenoxy) is 5. The Morgan fingerprint density at radius 3 is 2.34 bits per heavy atom. The van der Waals surface area contributed by atoms with Crippen molar-refractivity contribution < 1.29 is 52.4 Å². The van der Waals surface area contributed by atoms with Gasteiger partial charge in [-0.3, -0.25) is 14.4 Å². The monoisotopic (exact) mass is 1030 g/mol. The summed E-state index contributed by atoms with van der Waals surface area (Å²) in [4.78, 5) is 59.2. The number of carbonyl (C=O) groups excluding carboxylic acids is 4. The molecule has 0 spiro atoms. The second kappa shape index (κ2) is 25.0. The van der Waals surface area contributed by atoms with Gasteiger partial charge in [0, 0.05) is 57.8 Å². The van der Waals surface area contributed by atoms with Crippen LogP contribution in [0.1, 0.15) is 146 Å². The molecule has 6 rings (SSSR count). The van der Waals surface area contributed by atoms with Crippen molar-refractivity contribution in [3.05, 3.63) is 53.8 Å². The molecule has 14 heteroatoms. The summed E-state index contributed by atoms with van der Waals surface area (Å²) in [5.41, 5.74) is 1.51. The Balaban J connectivity index is 1.24. The van der Waals surface area contributed by atoms with E-state index in [1.54, 1.807) is 21.1 Å². The summed E-state index contributed by atoms with van der Waals surface area (Å²) < 4.78 is 40.7. The van der Waals surface area contributed by atoms with Crippen molar-refractivity contribution in [1.82, 2.24) is 9.47 Å². The summed E-state index contributed by atoms with van der Waals surface area (Å²) in [7, 11) is 1.49. The van der Waals surface area contributed by atoms with Crippen LogP contribution in [0.25, 0.3) is 10.9 Å². The van der Waals surface area contributed by atoms with Crippen LogP contribution in [0.2, 0.25) is 18.1 Å². The summed E-state index contributed by atoms with van der Waals surface area (Å²) >= 11 is 0. The number of carbonyl (C=O) groups is 4. The first-order valence-electron chi connectivity index (χ1n) is 27.7. The third-order valence-corrected chi connectivity index (χ3v) is 22.2. The average molecular weight is 1030 g/mol. The standard InChI is InChI=1S/C59H92N2O11Si/c1-15-43-31-38(3)30-37(2)19-23-51-52(67-11)33-40(5)59(10,72-51)55(64)56(65)61-26-17-16-18-46(61)57(66)71-54(41(6)48(62)36-49(43)63)39(4)32-42-20-24-50(53(34-42)68-12)70-45-22-21-44-25-27-60(47(44)35-45)28-29-69-73(13,14)58(7,8)9/h21-22,25,27,31-32,35,37,40-43,46,48,50-54,62H,15-20,23-24,26,28-30,33-34,36H2,1-14H3/b38-31+,39-32+/t37-,40-,41-,42+,43-,46+,48+,50-,51?,52+,53-,54-,59-/m1/s1. The molecule has 1 aromatic carbocycles. The summed E-state index contributed by atoms with van der Waals surface area (Å²) in [6, 6.07) is 7.34. The molecule has 3 aliphatic heterocycles. The summed E-state index contributed by atoms with van der Waals surface area (Å²) in [6.07, 6.45) is 10.2. The predicted octanol–water partition coefficient (Wildman–Crippen LogP) is 11.0. The Morgan fingerprint density at radius 2 is 1.66 bits per heavy atom. The quantitative estimate of drug-likeness (QED) is 0.0991. The number of piperidine rings is 1. The predicted molar refractivity (Wildman–Crippen MR) is 289 cm³/mol. The number of aliphatic hydroxyl groups excluding tert-OH is 1.